The van der Waals surface area contributed by atoms with Crippen molar-refractivity contribution in [3.05, 3.63) is 22.8 Å². The number of aromatic nitrogens is 3. The van der Waals surface area contributed by atoms with Crippen LogP contribution in [0, 0.1) is 19.8 Å². The van der Waals surface area contributed by atoms with Crippen molar-refractivity contribution in [1.82, 2.24) is 20.2 Å². The molecule has 0 saturated carbocycles. The van der Waals surface area contributed by atoms with Crippen LogP contribution in [0.3, 0.4) is 0 Å². The molecule has 3 heterocycles. The first-order valence-electron chi connectivity index (χ1n) is 8.67. The molecule has 3 rings (SSSR count). The minimum atomic E-state index is 0.0310. The summed E-state index contributed by atoms with van der Waals surface area (Å²) >= 11 is 0. The van der Waals surface area contributed by atoms with Crippen molar-refractivity contribution in [1.29, 1.82) is 0 Å². The molecule has 1 saturated heterocycles. The van der Waals surface area contributed by atoms with Gasteiger partial charge < -0.3 is 18.8 Å². The summed E-state index contributed by atoms with van der Waals surface area (Å²) in [6.45, 7) is 5.13. The van der Waals surface area contributed by atoms with Crippen LogP contribution < -0.4 is 4.90 Å². The van der Waals surface area contributed by atoms with Gasteiger partial charge in [0.2, 0.25) is 0 Å². The average Bonchev–Trinajstić information content (AvgIpc) is 3.20. The highest BCUT2D eigenvalue weighted by Crippen LogP contribution is 2.25. The Hall–Kier alpha value is -2.38. The first kappa shape index (κ1) is 17.4. The lowest BCUT2D eigenvalue weighted by Crippen LogP contribution is -2.39. The zero-order chi connectivity index (χ0) is 18.0. The number of aryl methyl sites for hydroxylation is 3. The number of anilines is 1. The number of likely N-dealkylation sites (tertiary alicyclic amines) is 1. The molecule has 8 heteroatoms. The van der Waals surface area contributed by atoms with E-state index in [1.165, 1.54) is 0 Å². The molecule has 1 amide bonds. The van der Waals surface area contributed by atoms with E-state index in [4.69, 9.17) is 9.05 Å². The maximum absolute atomic E-state index is 12.6. The summed E-state index contributed by atoms with van der Waals surface area (Å²) < 4.78 is 10.3. The summed E-state index contributed by atoms with van der Waals surface area (Å²) in [5, 5.41) is 7.88. The third kappa shape index (κ3) is 3.83. The van der Waals surface area contributed by atoms with Crippen LogP contribution in [0.4, 0.5) is 6.01 Å². The van der Waals surface area contributed by atoms with E-state index in [1.807, 2.05) is 25.9 Å². The standard InChI is InChI=1S/C17H25N5O3/c1-11-15(12(2)24-19-11)16(23)22-9-7-13(8-10-22)5-6-14-18-17(21(3)4)25-20-14/h13H,5-10H2,1-4H3. The number of amides is 1. The summed E-state index contributed by atoms with van der Waals surface area (Å²) in [4.78, 5) is 20.7. The van der Waals surface area contributed by atoms with Gasteiger partial charge in [-0.25, -0.2) is 0 Å². The van der Waals surface area contributed by atoms with E-state index < -0.39 is 0 Å². The van der Waals surface area contributed by atoms with Crippen LogP contribution in [0.5, 0.6) is 0 Å². The number of hydrogen-bond donors (Lipinski definition) is 0. The quantitative estimate of drug-likeness (QED) is 0.819. The summed E-state index contributed by atoms with van der Waals surface area (Å²) in [5.74, 6) is 1.95. The molecule has 25 heavy (non-hydrogen) atoms. The van der Waals surface area contributed by atoms with Gasteiger partial charge in [0.1, 0.15) is 11.3 Å². The van der Waals surface area contributed by atoms with Crippen molar-refractivity contribution in [2.45, 2.75) is 39.5 Å². The smallest absolute Gasteiger partial charge is 0.323 e. The fraction of sp³-hybridized carbons (Fsp3) is 0.647. The predicted octanol–water partition coefficient (Wildman–Crippen LogP) is 2.23. The lowest BCUT2D eigenvalue weighted by Gasteiger charge is -2.31. The van der Waals surface area contributed by atoms with Gasteiger partial charge in [-0.15, -0.1) is 0 Å². The van der Waals surface area contributed by atoms with Gasteiger partial charge in [-0.2, -0.15) is 4.98 Å². The molecule has 0 unspecified atom stereocenters. The highest BCUT2D eigenvalue weighted by atomic mass is 16.5. The largest absolute Gasteiger partial charge is 0.361 e. The minimum absolute atomic E-state index is 0.0310. The lowest BCUT2D eigenvalue weighted by atomic mass is 9.91. The second-order valence-electron chi connectivity index (χ2n) is 6.86. The topological polar surface area (TPSA) is 88.5 Å². The Morgan fingerprint density at radius 3 is 2.48 bits per heavy atom. The molecular formula is C17H25N5O3. The lowest BCUT2D eigenvalue weighted by molar-refractivity contribution is 0.0684. The van der Waals surface area contributed by atoms with Crippen molar-refractivity contribution in [3.8, 4) is 0 Å². The van der Waals surface area contributed by atoms with Crippen molar-refractivity contribution in [2.75, 3.05) is 32.1 Å². The number of nitrogens with zero attached hydrogens (tertiary/aromatic N) is 5. The van der Waals surface area contributed by atoms with Gasteiger partial charge in [-0.1, -0.05) is 10.3 Å². The van der Waals surface area contributed by atoms with Crippen LogP contribution in [-0.2, 0) is 6.42 Å². The number of rotatable bonds is 5. The third-order valence-electron chi connectivity index (χ3n) is 4.77. The maximum Gasteiger partial charge on any atom is 0.323 e. The molecular weight excluding hydrogens is 322 g/mol. The van der Waals surface area contributed by atoms with Crippen LogP contribution in [0.25, 0.3) is 0 Å². The molecule has 2 aromatic heterocycles. The SMILES string of the molecule is Cc1noc(C)c1C(=O)N1CCC(CCc2noc(N(C)C)n2)CC1. The van der Waals surface area contributed by atoms with E-state index in [-0.39, 0.29) is 5.91 Å². The molecule has 2 aromatic rings. The molecule has 1 fully saturated rings. The molecule has 1 aliphatic rings. The molecule has 0 bridgehead atoms. The average molecular weight is 347 g/mol. The van der Waals surface area contributed by atoms with Crippen LogP contribution in [0.1, 0.15) is 46.9 Å². The number of hydrogen-bond acceptors (Lipinski definition) is 7. The van der Waals surface area contributed by atoms with Crippen molar-refractivity contribution < 1.29 is 13.8 Å². The van der Waals surface area contributed by atoms with E-state index in [9.17, 15) is 4.79 Å². The molecule has 1 aliphatic heterocycles. The Balaban J connectivity index is 1.49. The molecule has 0 radical (unpaired) electrons. The van der Waals surface area contributed by atoms with E-state index >= 15 is 0 Å². The Bertz CT molecular complexity index is 709. The summed E-state index contributed by atoms with van der Waals surface area (Å²) in [7, 11) is 3.76. The fourth-order valence-electron chi connectivity index (χ4n) is 3.23. The van der Waals surface area contributed by atoms with Gasteiger partial charge in [0.15, 0.2) is 5.82 Å². The van der Waals surface area contributed by atoms with Gasteiger partial charge in [0.05, 0.1) is 5.69 Å². The van der Waals surface area contributed by atoms with Crippen LogP contribution >= 0.6 is 0 Å². The van der Waals surface area contributed by atoms with Gasteiger partial charge in [0.25, 0.3) is 5.91 Å². The second-order valence-corrected chi connectivity index (χ2v) is 6.86. The van der Waals surface area contributed by atoms with Gasteiger partial charge in [-0.3, -0.25) is 4.79 Å². The van der Waals surface area contributed by atoms with Gasteiger partial charge in [0, 0.05) is 33.6 Å². The molecule has 8 nitrogen and oxygen atoms in total. The number of carbonyl (C=O) groups excluding carboxylic acids is 1. The summed E-state index contributed by atoms with van der Waals surface area (Å²) in [6, 6.07) is 0.537. The van der Waals surface area contributed by atoms with Gasteiger partial charge >= 0.3 is 6.01 Å². The highest BCUT2D eigenvalue weighted by molar-refractivity contribution is 5.96. The fourth-order valence-corrected chi connectivity index (χ4v) is 3.23. The van der Waals surface area contributed by atoms with Crippen molar-refractivity contribution in [3.63, 3.8) is 0 Å². The number of piperidine rings is 1. The van der Waals surface area contributed by atoms with E-state index in [0.717, 1.165) is 44.6 Å². The summed E-state index contributed by atoms with van der Waals surface area (Å²) in [5.41, 5.74) is 1.28. The Labute approximate surface area is 147 Å². The Morgan fingerprint density at radius 1 is 1.20 bits per heavy atom. The minimum Gasteiger partial charge on any atom is -0.361 e. The zero-order valence-corrected chi connectivity index (χ0v) is 15.3. The van der Waals surface area contributed by atoms with Crippen molar-refractivity contribution in [2.24, 2.45) is 5.92 Å². The van der Waals surface area contributed by atoms with Gasteiger partial charge in [-0.05, 0) is 39.0 Å². The second kappa shape index (κ2) is 7.25. The van der Waals surface area contributed by atoms with Crippen molar-refractivity contribution >= 4 is 11.9 Å². The van der Waals surface area contributed by atoms with E-state index in [2.05, 4.69) is 15.3 Å². The zero-order valence-electron chi connectivity index (χ0n) is 15.3. The Kier molecular flexibility index (Phi) is 5.06. The Morgan fingerprint density at radius 2 is 1.92 bits per heavy atom. The van der Waals surface area contributed by atoms with E-state index in [0.29, 0.717) is 29.0 Å². The normalized spacial score (nSPS) is 15.6. The third-order valence-corrected chi connectivity index (χ3v) is 4.77. The molecule has 0 aromatic carbocycles. The summed E-state index contributed by atoms with van der Waals surface area (Å²) in [6.07, 6.45) is 3.81. The molecule has 0 atom stereocenters. The van der Waals surface area contributed by atoms with Crippen LogP contribution in [0.2, 0.25) is 0 Å². The maximum atomic E-state index is 12.6. The predicted molar refractivity (Wildman–Crippen MR) is 91.6 cm³/mol. The first-order valence-corrected chi connectivity index (χ1v) is 8.67. The van der Waals surface area contributed by atoms with E-state index in [1.54, 1.807) is 11.8 Å². The molecule has 0 aliphatic carbocycles. The number of carbonyl (C=O) groups is 1. The monoisotopic (exact) mass is 347 g/mol. The molecule has 136 valence electrons. The highest BCUT2D eigenvalue weighted by Gasteiger charge is 2.27. The van der Waals surface area contributed by atoms with Crippen LogP contribution in [0.15, 0.2) is 9.05 Å². The first-order chi connectivity index (χ1) is 12.0. The van der Waals surface area contributed by atoms with Crippen LogP contribution in [-0.4, -0.2) is 53.3 Å². The molecule has 0 spiro atoms. The molecule has 0 N–H and O–H groups in total.